The predicted octanol–water partition coefficient (Wildman–Crippen LogP) is 1.79. The van der Waals surface area contributed by atoms with Crippen LogP contribution in [0.15, 0.2) is 39.5 Å². The Balaban J connectivity index is 2.16. The fourth-order valence-electron chi connectivity index (χ4n) is 2.34. The maximum absolute atomic E-state index is 12.2. The molecule has 1 aromatic heterocycles. The van der Waals surface area contributed by atoms with Gasteiger partial charge < -0.3 is 30.6 Å². The lowest BCUT2D eigenvalue weighted by molar-refractivity contribution is 0.402. The first-order chi connectivity index (χ1) is 10.9. The molecule has 0 fully saturated rings. The minimum atomic E-state index is -0.776. The number of phenols is 3. The summed E-state index contributed by atoms with van der Waals surface area (Å²) in [4.78, 5) is 12.2. The Kier molecular flexibility index (Phi) is 3.25. The van der Waals surface area contributed by atoms with E-state index < -0.39 is 11.2 Å². The second-order valence-electron chi connectivity index (χ2n) is 5.12. The van der Waals surface area contributed by atoms with Gasteiger partial charge in [0.25, 0.3) is 0 Å². The third-order valence-corrected chi connectivity index (χ3v) is 3.45. The van der Waals surface area contributed by atoms with Gasteiger partial charge in [-0.15, -0.1) is 0 Å². The number of anilines is 1. The van der Waals surface area contributed by atoms with E-state index in [1.807, 2.05) is 0 Å². The number of aromatic hydroxyl groups is 4. The van der Waals surface area contributed by atoms with E-state index in [1.165, 1.54) is 30.3 Å². The number of fused-ring (bicyclic) bond motifs is 1. The van der Waals surface area contributed by atoms with Crippen LogP contribution in [0, 0.1) is 0 Å². The molecule has 0 aliphatic carbocycles. The molecule has 7 nitrogen and oxygen atoms in total. The Morgan fingerprint density at radius 1 is 0.957 bits per heavy atom. The molecule has 0 saturated heterocycles. The van der Waals surface area contributed by atoms with Crippen molar-refractivity contribution >= 4 is 16.7 Å². The van der Waals surface area contributed by atoms with E-state index in [0.717, 1.165) is 0 Å². The highest BCUT2D eigenvalue weighted by Crippen LogP contribution is 2.31. The van der Waals surface area contributed by atoms with Gasteiger partial charge in [0.2, 0.25) is 11.2 Å². The highest BCUT2D eigenvalue weighted by Gasteiger charge is 2.17. The molecule has 3 aromatic rings. The lowest BCUT2D eigenvalue weighted by Gasteiger charge is -2.08. The molecule has 2 aromatic carbocycles. The number of nitrogen functional groups attached to an aromatic ring is 1. The van der Waals surface area contributed by atoms with Gasteiger partial charge in [0.15, 0.2) is 17.3 Å². The average molecular weight is 315 g/mol. The van der Waals surface area contributed by atoms with E-state index in [0.29, 0.717) is 5.56 Å². The van der Waals surface area contributed by atoms with Crippen molar-refractivity contribution in [2.24, 2.45) is 0 Å². The van der Waals surface area contributed by atoms with Crippen LogP contribution in [0.4, 0.5) is 5.69 Å². The molecule has 0 bridgehead atoms. The first-order valence-electron chi connectivity index (χ1n) is 6.65. The molecular formula is C16H13NO6. The lowest BCUT2D eigenvalue weighted by atomic mass is 10.1. The number of hydrogen-bond donors (Lipinski definition) is 5. The summed E-state index contributed by atoms with van der Waals surface area (Å²) in [5.74, 6) is -1.66. The van der Waals surface area contributed by atoms with Crippen LogP contribution in [-0.4, -0.2) is 20.4 Å². The second-order valence-corrected chi connectivity index (χ2v) is 5.12. The van der Waals surface area contributed by atoms with Crippen LogP contribution in [0.25, 0.3) is 11.0 Å². The van der Waals surface area contributed by atoms with Crippen molar-refractivity contribution in [3.05, 3.63) is 51.9 Å². The van der Waals surface area contributed by atoms with E-state index in [9.17, 15) is 25.2 Å². The Hall–Kier alpha value is -3.35. The summed E-state index contributed by atoms with van der Waals surface area (Å²) in [5, 5.41) is 38.4. The summed E-state index contributed by atoms with van der Waals surface area (Å²) in [5.41, 5.74) is 5.59. The van der Waals surface area contributed by atoms with Crippen molar-refractivity contribution in [3.63, 3.8) is 0 Å². The van der Waals surface area contributed by atoms with Crippen LogP contribution in [0.5, 0.6) is 23.0 Å². The van der Waals surface area contributed by atoms with E-state index in [1.54, 1.807) is 0 Å². The van der Waals surface area contributed by atoms with Gasteiger partial charge in [0, 0.05) is 24.2 Å². The Morgan fingerprint density at radius 2 is 1.70 bits per heavy atom. The Morgan fingerprint density at radius 3 is 2.39 bits per heavy atom. The number of phenolic OH excluding ortho intramolecular Hbond substituents is 3. The molecule has 118 valence electrons. The maximum Gasteiger partial charge on any atom is 0.238 e. The zero-order chi connectivity index (χ0) is 16.7. The molecule has 1 heterocycles. The monoisotopic (exact) mass is 315 g/mol. The topological polar surface area (TPSA) is 137 Å². The molecule has 6 N–H and O–H groups in total. The largest absolute Gasteiger partial charge is 0.507 e. The van der Waals surface area contributed by atoms with Gasteiger partial charge in [-0.25, -0.2) is 0 Å². The highest BCUT2D eigenvalue weighted by molar-refractivity contribution is 5.87. The van der Waals surface area contributed by atoms with Gasteiger partial charge in [-0.1, -0.05) is 6.07 Å². The van der Waals surface area contributed by atoms with Crippen LogP contribution < -0.4 is 11.2 Å². The summed E-state index contributed by atoms with van der Waals surface area (Å²) in [6, 6.07) is 6.64. The summed E-state index contributed by atoms with van der Waals surface area (Å²) in [6.07, 6.45) is 0.000411. The zero-order valence-corrected chi connectivity index (χ0v) is 11.8. The molecule has 23 heavy (non-hydrogen) atoms. The number of hydrogen-bond acceptors (Lipinski definition) is 7. The van der Waals surface area contributed by atoms with Crippen molar-refractivity contribution in [1.82, 2.24) is 0 Å². The van der Waals surface area contributed by atoms with E-state index in [4.69, 9.17) is 10.2 Å². The summed E-state index contributed by atoms with van der Waals surface area (Å²) < 4.78 is 5.47. The fraction of sp³-hybridized carbons (Fsp3) is 0.0625. The fourth-order valence-corrected chi connectivity index (χ4v) is 2.34. The van der Waals surface area contributed by atoms with Gasteiger partial charge in [0.1, 0.15) is 16.7 Å². The molecule has 0 unspecified atom stereocenters. The minimum Gasteiger partial charge on any atom is -0.507 e. The standard InChI is InChI=1S/C16H13NO6/c17-8-5-11(20)14-12(6-8)23-13(15(21)16(14)22)4-7-1-2-9(18)10(19)3-7/h1-3,5-6,18-21H,4,17H2. The van der Waals surface area contributed by atoms with Crippen LogP contribution >= 0.6 is 0 Å². The number of nitrogens with two attached hydrogens (primary N) is 1. The highest BCUT2D eigenvalue weighted by atomic mass is 16.4. The molecular weight excluding hydrogens is 302 g/mol. The molecule has 0 aliphatic heterocycles. The van der Waals surface area contributed by atoms with Gasteiger partial charge in [0.05, 0.1) is 0 Å². The van der Waals surface area contributed by atoms with E-state index in [2.05, 4.69) is 0 Å². The lowest BCUT2D eigenvalue weighted by Crippen LogP contribution is -2.05. The molecule has 0 radical (unpaired) electrons. The van der Waals surface area contributed by atoms with Gasteiger partial charge in [-0.3, -0.25) is 4.79 Å². The predicted molar refractivity (Wildman–Crippen MR) is 82.8 cm³/mol. The van der Waals surface area contributed by atoms with Crippen molar-refractivity contribution in [2.45, 2.75) is 6.42 Å². The van der Waals surface area contributed by atoms with Crippen molar-refractivity contribution < 1.29 is 24.8 Å². The van der Waals surface area contributed by atoms with Gasteiger partial charge in [-0.05, 0) is 17.7 Å². The van der Waals surface area contributed by atoms with Crippen LogP contribution in [0.1, 0.15) is 11.3 Å². The van der Waals surface area contributed by atoms with Gasteiger partial charge in [-0.2, -0.15) is 0 Å². The summed E-state index contributed by atoms with van der Waals surface area (Å²) >= 11 is 0. The summed E-state index contributed by atoms with van der Waals surface area (Å²) in [6.45, 7) is 0. The Labute approximate surface area is 129 Å². The van der Waals surface area contributed by atoms with Crippen molar-refractivity contribution in [3.8, 4) is 23.0 Å². The molecule has 0 aliphatic rings. The molecule has 0 atom stereocenters. The minimum absolute atomic E-state index is 0.000411. The maximum atomic E-state index is 12.2. The number of benzene rings is 2. The molecule has 7 heteroatoms. The van der Waals surface area contributed by atoms with Crippen molar-refractivity contribution in [2.75, 3.05) is 5.73 Å². The average Bonchev–Trinajstić information content (AvgIpc) is 2.47. The molecule has 0 amide bonds. The van der Waals surface area contributed by atoms with Gasteiger partial charge >= 0.3 is 0 Å². The SMILES string of the molecule is Nc1cc(O)c2c(=O)c(O)c(Cc3ccc(O)c(O)c3)oc2c1. The van der Waals surface area contributed by atoms with Crippen LogP contribution in [0.2, 0.25) is 0 Å². The molecule has 0 spiro atoms. The third kappa shape index (κ3) is 2.48. The molecule has 0 saturated carbocycles. The normalized spacial score (nSPS) is 11.0. The second kappa shape index (κ2) is 5.13. The quantitative estimate of drug-likeness (QED) is 0.359. The summed E-state index contributed by atoms with van der Waals surface area (Å²) in [7, 11) is 0. The third-order valence-electron chi connectivity index (χ3n) is 3.45. The number of rotatable bonds is 2. The Bertz CT molecular complexity index is 976. The zero-order valence-electron chi connectivity index (χ0n) is 11.8. The van der Waals surface area contributed by atoms with Crippen LogP contribution in [-0.2, 0) is 6.42 Å². The first kappa shape index (κ1) is 14.6. The van der Waals surface area contributed by atoms with Crippen molar-refractivity contribution in [1.29, 1.82) is 0 Å². The van der Waals surface area contributed by atoms with Crippen LogP contribution in [0.3, 0.4) is 0 Å². The first-order valence-corrected chi connectivity index (χ1v) is 6.65. The molecule has 3 rings (SSSR count). The van der Waals surface area contributed by atoms with E-state index in [-0.39, 0.29) is 46.1 Å². The smallest absolute Gasteiger partial charge is 0.238 e. The van der Waals surface area contributed by atoms with E-state index >= 15 is 0 Å².